The fraction of sp³-hybridized carbons (Fsp3) is 0.0909. The number of fused-ring (bicyclic) bond motifs is 1. The van der Waals surface area contributed by atoms with Crippen LogP contribution >= 0.6 is 0 Å². The summed E-state index contributed by atoms with van der Waals surface area (Å²) in [6, 6.07) is 21.3. The monoisotopic (exact) mass is 355 g/mol. The topological polar surface area (TPSA) is 59.6 Å². The molecule has 0 radical (unpaired) electrons. The Kier molecular flexibility index (Phi) is 4.46. The number of hydrogen-bond acceptors (Lipinski definition) is 4. The molecule has 5 heteroatoms. The third-order valence-electron chi connectivity index (χ3n) is 4.37. The summed E-state index contributed by atoms with van der Waals surface area (Å²) in [4.78, 5) is 4.33. The first-order chi connectivity index (χ1) is 13.3. The molecule has 0 aliphatic rings. The van der Waals surface area contributed by atoms with Crippen LogP contribution in [0.4, 0.5) is 0 Å². The summed E-state index contributed by atoms with van der Waals surface area (Å²) in [6.45, 7) is 0.401. The van der Waals surface area contributed by atoms with E-state index in [0.29, 0.717) is 23.7 Å². The molecule has 0 amide bonds. The molecule has 0 aliphatic heterocycles. The molecular formula is C22H17N3O2. The van der Waals surface area contributed by atoms with Crippen LogP contribution in [0.5, 0.6) is 11.5 Å². The molecule has 2 heterocycles. The average Bonchev–Trinajstić information content (AvgIpc) is 3.21. The van der Waals surface area contributed by atoms with Gasteiger partial charge in [-0.05, 0) is 48.0 Å². The molecule has 0 saturated heterocycles. The Morgan fingerprint density at radius 3 is 2.67 bits per heavy atom. The Bertz CT molecular complexity index is 1120. The molecule has 0 bridgehead atoms. The van der Waals surface area contributed by atoms with Crippen molar-refractivity contribution in [2.24, 2.45) is 0 Å². The van der Waals surface area contributed by atoms with Crippen LogP contribution in [0.3, 0.4) is 0 Å². The summed E-state index contributed by atoms with van der Waals surface area (Å²) in [5.74, 6) is 1.33. The molecule has 0 aliphatic carbocycles. The summed E-state index contributed by atoms with van der Waals surface area (Å²) >= 11 is 0. The Hall–Kier alpha value is -3.78. The standard InChI is InChI=1S/C22H17N3O2/c1-26-21-13-18(19-3-2-4-22-24-11-12-25(19)22)9-10-20(21)27-15-17-7-5-16(14-23)6-8-17/h2-13H,15H2,1H3. The quantitative estimate of drug-likeness (QED) is 0.530. The molecule has 4 aromatic rings. The molecular weight excluding hydrogens is 338 g/mol. The fourth-order valence-corrected chi connectivity index (χ4v) is 2.97. The lowest BCUT2D eigenvalue weighted by atomic mass is 10.1. The van der Waals surface area contributed by atoms with E-state index in [9.17, 15) is 0 Å². The van der Waals surface area contributed by atoms with Gasteiger partial charge in [0.05, 0.1) is 24.4 Å². The SMILES string of the molecule is COc1cc(-c2cccc3nccn23)ccc1OCc1ccc(C#N)cc1. The summed E-state index contributed by atoms with van der Waals surface area (Å²) in [6.07, 6.45) is 3.72. The van der Waals surface area contributed by atoms with E-state index >= 15 is 0 Å². The second kappa shape index (κ2) is 7.22. The Balaban J connectivity index is 1.59. The third kappa shape index (κ3) is 3.33. The summed E-state index contributed by atoms with van der Waals surface area (Å²) in [7, 11) is 1.63. The smallest absolute Gasteiger partial charge is 0.161 e. The van der Waals surface area contributed by atoms with E-state index in [1.807, 2.05) is 59.1 Å². The first-order valence-electron chi connectivity index (χ1n) is 8.51. The zero-order valence-electron chi connectivity index (χ0n) is 14.8. The number of rotatable bonds is 5. The minimum atomic E-state index is 0.401. The van der Waals surface area contributed by atoms with Gasteiger partial charge in [-0.25, -0.2) is 4.98 Å². The van der Waals surface area contributed by atoms with Gasteiger partial charge in [-0.2, -0.15) is 5.26 Å². The van der Waals surface area contributed by atoms with Crippen molar-refractivity contribution in [2.45, 2.75) is 6.61 Å². The van der Waals surface area contributed by atoms with Crippen LogP contribution in [0.15, 0.2) is 73.1 Å². The van der Waals surface area contributed by atoms with Crippen LogP contribution < -0.4 is 9.47 Å². The van der Waals surface area contributed by atoms with Crippen molar-refractivity contribution in [3.05, 3.63) is 84.2 Å². The number of benzene rings is 2. The Labute approximate surface area is 157 Å². The number of methoxy groups -OCH3 is 1. The summed E-state index contributed by atoms with van der Waals surface area (Å²) in [5.41, 5.74) is 4.56. The number of imidazole rings is 1. The van der Waals surface area contributed by atoms with Crippen molar-refractivity contribution < 1.29 is 9.47 Å². The van der Waals surface area contributed by atoms with E-state index < -0.39 is 0 Å². The van der Waals surface area contributed by atoms with Gasteiger partial charge in [0, 0.05) is 18.0 Å². The molecule has 0 atom stereocenters. The van der Waals surface area contributed by atoms with Crippen molar-refractivity contribution in [3.63, 3.8) is 0 Å². The largest absolute Gasteiger partial charge is 0.493 e. The molecule has 132 valence electrons. The predicted molar refractivity (Wildman–Crippen MR) is 103 cm³/mol. The van der Waals surface area contributed by atoms with Crippen molar-refractivity contribution in [1.82, 2.24) is 9.38 Å². The lowest BCUT2D eigenvalue weighted by molar-refractivity contribution is 0.284. The normalized spacial score (nSPS) is 10.5. The van der Waals surface area contributed by atoms with Gasteiger partial charge in [0.15, 0.2) is 11.5 Å². The van der Waals surface area contributed by atoms with E-state index in [1.54, 1.807) is 25.4 Å². The fourth-order valence-electron chi connectivity index (χ4n) is 2.97. The van der Waals surface area contributed by atoms with Gasteiger partial charge in [-0.1, -0.05) is 18.2 Å². The molecule has 0 N–H and O–H groups in total. The highest BCUT2D eigenvalue weighted by Gasteiger charge is 2.10. The van der Waals surface area contributed by atoms with Gasteiger partial charge in [0.2, 0.25) is 0 Å². The number of ether oxygens (including phenoxy) is 2. The van der Waals surface area contributed by atoms with Gasteiger partial charge in [-0.15, -0.1) is 0 Å². The highest BCUT2D eigenvalue weighted by Crippen LogP contribution is 2.33. The summed E-state index contributed by atoms with van der Waals surface area (Å²) < 4.78 is 13.5. The third-order valence-corrected chi connectivity index (χ3v) is 4.37. The Morgan fingerprint density at radius 2 is 1.89 bits per heavy atom. The van der Waals surface area contributed by atoms with Crippen LogP contribution in [-0.4, -0.2) is 16.5 Å². The molecule has 0 fully saturated rings. The first-order valence-corrected chi connectivity index (χ1v) is 8.51. The van der Waals surface area contributed by atoms with Crippen LogP contribution in [-0.2, 0) is 6.61 Å². The second-order valence-corrected chi connectivity index (χ2v) is 6.03. The van der Waals surface area contributed by atoms with Crippen LogP contribution in [0.25, 0.3) is 16.9 Å². The van der Waals surface area contributed by atoms with Crippen LogP contribution in [0.2, 0.25) is 0 Å². The summed E-state index contributed by atoms with van der Waals surface area (Å²) in [5, 5.41) is 8.87. The van der Waals surface area contributed by atoms with Crippen molar-refractivity contribution in [2.75, 3.05) is 7.11 Å². The maximum Gasteiger partial charge on any atom is 0.161 e. The highest BCUT2D eigenvalue weighted by atomic mass is 16.5. The molecule has 0 spiro atoms. The van der Waals surface area contributed by atoms with Gasteiger partial charge < -0.3 is 9.47 Å². The van der Waals surface area contributed by atoms with E-state index in [2.05, 4.69) is 11.1 Å². The number of hydrogen-bond donors (Lipinski definition) is 0. The van der Waals surface area contributed by atoms with Crippen LogP contribution in [0, 0.1) is 11.3 Å². The van der Waals surface area contributed by atoms with Crippen molar-refractivity contribution in [1.29, 1.82) is 5.26 Å². The van der Waals surface area contributed by atoms with Crippen molar-refractivity contribution in [3.8, 4) is 28.8 Å². The van der Waals surface area contributed by atoms with Gasteiger partial charge >= 0.3 is 0 Å². The van der Waals surface area contributed by atoms with Gasteiger partial charge in [-0.3, -0.25) is 4.40 Å². The van der Waals surface area contributed by atoms with Gasteiger partial charge in [0.1, 0.15) is 12.3 Å². The number of nitrogens with zero attached hydrogens (tertiary/aromatic N) is 3. The van der Waals surface area contributed by atoms with Crippen molar-refractivity contribution >= 4 is 5.65 Å². The molecule has 4 rings (SSSR count). The lowest BCUT2D eigenvalue weighted by Gasteiger charge is -2.13. The van der Waals surface area contributed by atoms with E-state index in [-0.39, 0.29) is 0 Å². The molecule has 0 unspecified atom stereocenters. The minimum Gasteiger partial charge on any atom is -0.493 e. The number of aromatic nitrogens is 2. The van der Waals surface area contributed by atoms with E-state index in [1.165, 1.54) is 0 Å². The van der Waals surface area contributed by atoms with E-state index in [4.69, 9.17) is 14.7 Å². The maximum atomic E-state index is 8.87. The maximum absolute atomic E-state index is 8.87. The van der Waals surface area contributed by atoms with E-state index in [0.717, 1.165) is 22.5 Å². The average molecular weight is 355 g/mol. The molecule has 27 heavy (non-hydrogen) atoms. The lowest BCUT2D eigenvalue weighted by Crippen LogP contribution is -1.98. The van der Waals surface area contributed by atoms with Crippen LogP contribution in [0.1, 0.15) is 11.1 Å². The zero-order valence-corrected chi connectivity index (χ0v) is 14.8. The minimum absolute atomic E-state index is 0.401. The molecule has 2 aromatic carbocycles. The molecule has 5 nitrogen and oxygen atoms in total. The zero-order chi connectivity index (χ0) is 18.6. The number of pyridine rings is 1. The number of nitriles is 1. The molecule has 0 saturated carbocycles. The first kappa shape index (κ1) is 16.7. The van der Waals surface area contributed by atoms with Gasteiger partial charge in [0.25, 0.3) is 0 Å². The molecule has 2 aromatic heterocycles. The Morgan fingerprint density at radius 1 is 1.04 bits per heavy atom. The highest BCUT2D eigenvalue weighted by molar-refractivity contribution is 5.67. The second-order valence-electron chi connectivity index (χ2n) is 6.03. The predicted octanol–water partition coefficient (Wildman–Crippen LogP) is 4.46.